The van der Waals surface area contributed by atoms with Crippen LogP contribution in [0.4, 0.5) is 5.82 Å². The summed E-state index contributed by atoms with van der Waals surface area (Å²) in [4.78, 5) is 4.48. The second-order valence-electron chi connectivity index (χ2n) is 4.18. The molecule has 86 valence electrons. The third-order valence-electron chi connectivity index (χ3n) is 2.84. The monoisotopic (exact) mass is 226 g/mol. The van der Waals surface area contributed by atoms with Crippen molar-refractivity contribution in [3.8, 4) is 6.07 Å². The Bertz CT molecular complexity index is 623. The van der Waals surface area contributed by atoms with Crippen LogP contribution in [0, 0.1) is 25.2 Å². The van der Waals surface area contributed by atoms with Crippen molar-refractivity contribution in [2.45, 2.75) is 13.8 Å². The molecule has 1 aromatic heterocycles. The summed E-state index contributed by atoms with van der Waals surface area (Å²) in [6, 6.07) is 8.04. The molecular weight excluding hydrogens is 212 g/mol. The molecule has 4 heteroatoms. The van der Waals surface area contributed by atoms with E-state index in [4.69, 9.17) is 11.1 Å². The van der Waals surface area contributed by atoms with Crippen molar-refractivity contribution in [2.24, 2.45) is 5.84 Å². The first kappa shape index (κ1) is 11.4. The van der Waals surface area contributed by atoms with Gasteiger partial charge in [-0.2, -0.15) is 5.26 Å². The zero-order valence-corrected chi connectivity index (χ0v) is 10.2. The van der Waals surface area contributed by atoms with Crippen LogP contribution < -0.4 is 10.9 Å². The third kappa shape index (κ3) is 1.81. The van der Waals surface area contributed by atoms with Gasteiger partial charge in [0.05, 0.1) is 11.1 Å². The van der Waals surface area contributed by atoms with E-state index in [2.05, 4.69) is 11.1 Å². The highest BCUT2D eigenvalue weighted by Gasteiger charge is 2.11. The Labute approximate surface area is 100 Å². The van der Waals surface area contributed by atoms with Gasteiger partial charge in [0.25, 0.3) is 0 Å². The predicted molar refractivity (Wildman–Crippen MR) is 68.5 cm³/mol. The van der Waals surface area contributed by atoms with Gasteiger partial charge in [0.15, 0.2) is 5.82 Å². The number of aromatic nitrogens is 1. The highest BCUT2D eigenvalue weighted by Crippen LogP contribution is 2.25. The zero-order valence-electron chi connectivity index (χ0n) is 10.2. The molecule has 0 radical (unpaired) electrons. The fourth-order valence-electron chi connectivity index (χ4n) is 1.87. The first-order valence-corrected chi connectivity index (χ1v) is 5.34. The zero-order chi connectivity index (χ0) is 12.6. The average molecular weight is 226 g/mol. The lowest BCUT2D eigenvalue weighted by Gasteiger charge is -2.15. The number of nitrogens with zero attached hydrogens (tertiary/aromatic N) is 3. The Morgan fingerprint density at radius 2 is 1.94 bits per heavy atom. The van der Waals surface area contributed by atoms with Gasteiger partial charge in [0, 0.05) is 12.4 Å². The summed E-state index contributed by atoms with van der Waals surface area (Å²) >= 11 is 0. The minimum atomic E-state index is 0.496. The minimum absolute atomic E-state index is 0.496. The molecule has 17 heavy (non-hydrogen) atoms. The summed E-state index contributed by atoms with van der Waals surface area (Å²) in [7, 11) is 1.68. The van der Waals surface area contributed by atoms with E-state index in [1.807, 2.05) is 32.0 Å². The van der Waals surface area contributed by atoms with Gasteiger partial charge in [-0.25, -0.2) is 10.8 Å². The van der Waals surface area contributed by atoms with Crippen molar-refractivity contribution in [3.05, 3.63) is 34.9 Å². The standard InChI is InChI=1S/C13H14N4/c1-8-4-5-9(2)12-11(8)6-10(7-14)13(16-12)17(3)15/h4-6H,15H2,1-3H3. The number of nitriles is 1. The SMILES string of the molecule is Cc1ccc(C)c2nc(N(C)N)c(C#N)cc12. The van der Waals surface area contributed by atoms with Crippen LogP contribution in [0.5, 0.6) is 0 Å². The van der Waals surface area contributed by atoms with Crippen LogP contribution in [0.1, 0.15) is 16.7 Å². The Morgan fingerprint density at radius 1 is 1.29 bits per heavy atom. The van der Waals surface area contributed by atoms with E-state index in [9.17, 15) is 0 Å². The lowest BCUT2D eigenvalue weighted by atomic mass is 10.0. The number of pyridine rings is 1. The van der Waals surface area contributed by atoms with E-state index in [0.717, 1.165) is 22.0 Å². The summed E-state index contributed by atoms with van der Waals surface area (Å²) in [6.07, 6.45) is 0. The second-order valence-corrected chi connectivity index (χ2v) is 4.18. The molecule has 0 saturated heterocycles. The largest absolute Gasteiger partial charge is 0.297 e. The Kier molecular flexibility index (Phi) is 2.70. The van der Waals surface area contributed by atoms with Crippen LogP contribution in [0.3, 0.4) is 0 Å². The molecule has 4 nitrogen and oxygen atoms in total. The average Bonchev–Trinajstić information content (AvgIpc) is 2.32. The van der Waals surface area contributed by atoms with Gasteiger partial charge in [0.2, 0.25) is 0 Å². The number of anilines is 1. The first-order chi connectivity index (χ1) is 8.04. The van der Waals surface area contributed by atoms with Crippen LogP contribution in [0.25, 0.3) is 10.9 Å². The number of hydrazine groups is 1. The number of benzene rings is 1. The van der Waals surface area contributed by atoms with Gasteiger partial charge in [-0.05, 0) is 31.0 Å². The Balaban J connectivity index is 2.89. The quantitative estimate of drug-likeness (QED) is 0.597. The van der Waals surface area contributed by atoms with E-state index in [1.54, 1.807) is 7.05 Å². The van der Waals surface area contributed by atoms with Crippen molar-refractivity contribution in [1.29, 1.82) is 5.26 Å². The highest BCUT2D eigenvalue weighted by atomic mass is 15.4. The van der Waals surface area contributed by atoms with Crippen LogP contribution in [0.15, 0.2) is 18.2 Å². The molecule has 2 N–H and O–H groups in total. The van der Waals surface area contributed by atoms with Crippen molar-refractivity contribution >= 4 is 16.7 Å². The fraction of sp³-hybridized carbons (Fsp3) is 0.231. The van der Waals surface area contributed by atoms with Gasteiger partial charge in [-0.15, -0.1) is 0 Å². The topological polar surface area (TPSA) is 65.9 Å². The van der Waals surface area contributed by atoms with Crippen molar-refractivity contribution in [2.75, 3.05) is 12.1 Å². The van der Waals surface area contributed by atoms with Crippen molar-refractivity contribution < 1.29 is 0 Å². The van der Waals surface area contributed by atoms with E-state index < -0.39 is 0 Å². The third-order valence-corrected chi connectivity index (χ3v) is 2.84. The number of hydrogen-bond donors (Lipinski definition) is 1. The first-order valence-electron chi connectivity index (χ1n) is 5.34. The van der Waals surface area contributed by atoms with Crippen LogP contribution in [-0.4, -0.2) is 12.0 Å². The summed E-state index contributed by atoms with van der Waals surface area (Å²) in [5.74, 6) is 6.20. The van der Waals surface area contributed by atoms with Crippen molar-refractivity contribution in [1.82, 2.24) is 4.98 Å². The summed E-state index contributed by atoms with van der Waals surface area (Å²) < 4.78 is 0. The van der Waals surface area contributed by atoms with Crippen LogP contribution >= 0.6 is 0 Å². The maximum atomic E-state index is 9.11. The van der Waals surface area contributed by atoms with Crippen LogP contribution in [0.2, 0.25) is 0 Å². The molecule has 0 spiro atoms. The second kappa shape index (κ2) is 4.04. The smallest absolute Gasteiger partial charge is 0.160 e. The van der Waals surface area contributed by atoms with Gasteiger partial charge in [-0.1, -0.05) is 12.1 Å². The summed E-state index contributed by atoms with van der Waals surface area (Å²) in [5.41, 5.74) is 3.59. The van der Waals surface area contributed by atoms with Gasteiger partial charge < -0.3 is 0 Å². The highest BCUT2D eigenvalue weighted by molar-refractivity contribution is 5.88. The lowest BCUT2D eigenvalue weighted by Crippen LogP contribution is -2.27. The lowest BCUT2D eigenvalue weighted by molar-refractivity contribution is 0.980. The molecular formula is C13H14N4. The van der Waals surface area contributed by atoms with E-state index in [0.29, 0.717) is 11.4 Å². The molecule has 1 aromatic carbocycles. The van der Waals surface area contributed by atoms with Crippen LogP contribution in [-0.2, 0) is 0 Å². The maximum Gasteiger partial charge on any atom is 0.160 e. The number of nitrogens with two attached hydrogens (primary N) is 1. The molecule has 0 bridgehead atoms. The molecule has 0 atom stereocenters. The molecule has 0 aliphatic rings. The minimum Gasteiger partial charge on any atom is -0.297 e. The molecule has 2 aromatic rings. The Morgan fingerprint density at radius 3 is 2.53 bits per heavy atom. The van der Waals surface area contributed by atoms with Gasteiger partial charge >= 0.3 is 0 Å². The van der Waals surface area contributed by atoms with Gasteiger partial charge in [0.1, 0.15) is 6.07 Å². The number of rotatable bonds is 1. The number of hydrogen-bond acceptors (Lipinski definition) is 4. The van der Waals surface area contributed by atoms with E-state index in [1.165, 1.54) is 5.01 Å². The molecule has 0 unspecified atom stereocenters. The molecule has 0 saturated carbocycles. The molecule has 0 fully saturated rings. The fourth-order valence-corrected chi connectivity index (χ4v) is 1.87. The number of aryl methyl sites for hydroxylation is 2. The van der Waals surface area contributed by atoms with Gasteiger partial charge in [-0.3, -0.25) is 5.01 Å². The summed E-state index contributed by atoms with van der Waals surface area (Å²) in [6.45, 7) is 4.01. The van der Waals surface area contributed by atoms with Crippen molar-refractivity contribution in [3.63, 3.8) is 0 Å². The van der Waals surface area contributed by atoms with E-state index in [-0.39, 0.29) is 0 Å². The molecule has 0 aliphatic carbocycles. The number of fused-ring (bicyclic) bond motifs is 1. The molecule has 1 heterocycles. The normalized spacial score (nSPS) is 10.3. The Hall–Kier alpha value is -2.12. The molecule has 0 amide bonds. The summed E-state index contributed by atoms with van der Waals surface area (Å²) in [5, 5.41) is 11.5. The molecule has 2 rings (SSSR count). The maximum absolute atomic E-state index is 9.11. The molecule has 0 aliphatic heterocycles. The predicted octanol–water partition coefficient (Wildman–Crippen LogP) is 2.03. The van der Waals surface area contributed by atoms with E-state index >= 15 is 0 Å².